The van der Waals surface area contributed by atoms with Crippen LogP contribution in [0.1, 0.15) is 18.1 Å². The topological polar surface area (TPSA) is 88.0 Å². The third-order valence-corrected chi connectivity index (χ3v) is 2.77. The first-order chi connectivity index (χ1) is 9.16. The highest BCUT2D eigenvalue weighted by Gasteiger charge is 2.14. The number of hydrogen-bond donors (Lipinski definition) is 3. The van der Waals surface area contributed by atoms with Gasteiger partial charge >= 0.3 is 5.97 Å². The van der Waals surface area contributed by atoms with Crippen LogP contribution in [0.2, 0.25) is 0 Å². The molecule has 6 heteroatoms. The van der Waals surface area contributed by atoms with Crippen molar-refractivity contribution < 1.29 is 24.5 Å². The Balaban J connectivity index is 2.00. The summed E-state index contributed by atoms with van der Waals surface area (Å²) in [4.78, 5) is 10.4. The van der Waals surface area contributed by atoms with E-state index in [2.05, 4.69) is 5.32 Å². The molecule has 6 nitrogen and oxygen atoms in total. The second kappa shape index (κ2) is 6.40. The highest BCUT2D eigenvalue weighted by molar-refractivity contribution is 5.69. The fourth-order valence-corrected chi connectivity index (χ4v) is 1.82. The molecule has 1 atom stereocenters. The number of carboxylic acid groups (broad SMARTS) is 1. The smallest absolute Gasteiger partial charge is 0.317 e. The molecule has 1 aliphatic rings. The van der Waals surface area contributed by atoms with Crippen molar-refractivity contribution in [2.75, 3.05) is 26.3 Å². The molecule has 104 valence electrons. The molecule has 0 spiro atoms. The Morgan fingerprint density at radius 1 is 1.32 bits per heavy atom. The molecule has 2 rings (SSSR count). The van der Waals surface area contributed by atoms with E-state index in [4.69, 9.17) is 14.6 Å². The highest BCUT2D eigenvalue weighted by Crippen LogP contribution is 2.32. The molecule has 1 heterocycles. The molecule has 0 radical (unpaired) electrons. The van der Waals surface area contributed by atoms with Crippen molar-refractivity contribution in [1.82, 2.24) is 5.32 Å². The Morgan fingerprint density at radius 2 is 2.05 bits per heavy atom. The third-order valence-electron chi connectivity index (χ3n) is 2.77. The van der Waals surface area contributed by atoms with Crippen LogP contribution in [0.25, 0.3) is 0 Å². The first kappa shape index (κ1) is 13.6. The van der Waals surface area contributed by atoms with Crippen LogP contribution in [0.3, 0.4) is 0 Å². The summed E-state index contributed by atoms with van der Waals surface area (Å²) in [6.07, 6.45) is 0.0451. The number of aliphatic hydroxyl groups excluding tert-OH is 1. The molecule has 1 aliphatic heterocycles. The third kappa shape index (κ3) is 3.84. The number of carbonyl (C=O) groups is 1. The van der Waals surface area contributed by atoms with E-state index in [1.54, 1.807) is 18.2 Å². The number of aliphatic carboxylic acids is 1. The fraction of sp³-hybridized carbons (Fsp3) is 0.462. The summed E-state index contributed by atoms with van der Waals surface area (Å²) in [5.41, 5.74) is 0.669. The number of nitrogens with one attached hydrogen (secondary N) is 1. The van der Waals surface area contributed by atoms with Gasteiger partial charge in [0, 0.05) is 13.0 Å². The van der Waals surface area contributed by atoms with Gasteiger partial charge < -0.3 is 25.0 Å². The summed E-state index contributed by atoms with van der Waals surface area (Å²) >= 11 is 0. The molecule has 0 fully saturated rings. The first-order valence-corrected chi connectivity index (χ1v) is 6.17. The zero-order valence-electron chi connectivity index (χ0n) is 10.5. The van der Waals surface area contributed by atoms with Gasteiger partial charge in [0.05, 0.1) is 25.9 Å². The monoisotopic (exact) mass is 267 g/mol. The molecule has 0 amide bonds. The van der Waals surface area contributed by atoms with Crippen LogP contribution in [0.15, 0.2) is 18.2 Å². The first-order valence-electron chi connectivity index (χ1n) is 6.17. The second-order valence-electron chi connectivity index (χ2n) is 4.30. The van der Waals surface area contributed by atoms with Crippen molar-refractivity contribution in [3.63, 3.8) is 0 Å². The minimum atomic E-state index is -0.953. The minimum absolute atomic E-state index is 0.173. The number of benzene rings is 1. The van der Waals surface area contributed by atoms with E-state index in [1.165, 1.54) is 0 Å². The predicted molar refractivity (Wildman–Crippen MR) is 67.5 cm³/mol. The van der Waals surface area contributed by atoms with Crippen LogP contribution < -0.4 is 14.8 Å². The van der Waals surface area contributed by atoms with Gasteiger partial charge in [0.1, 0.15) is 0 Å². The Bertz CT molecular complexity index is 449. The maximum absolute atomic E-state index is 10.4. The van der Waals surface area contributed by atoms with E-state index in [-0.39, 0.29) is 13.1 Å². The molecule has 0 saturated heterocycles. The van der Waals surface area contributed by atoms with Crippen molar-refractivity contribution in [3.05, 3.63) is 23.8 Å². The number of hydrogen-bond acceptors (Lipinski definition) is 5. The van der Waals surface area contributed by atoms with Crippen molar-refractivity contribution in [2.24, 2.45) is 0 Å². The number of aliphatic hydroxyl groups is 1. The summed E-state index contributed by atoms with van der Waals surface area (Å²) in [7, 11) is 0. The average molecular weight is 267 g/mol. The average Bonchev–Trinajstić information content (AvgIpc) is 2.62. The summed E-state index contributed by atoms with van der Waals surface area (Å²) < 4.78 is 11.0. The zero-order chi connectivity index (χ0) is 13.7. The Hall–Kier alpha value is -1.79. The van der Waals surface area contributed by atoms with Crippen molar-refractivity contribution in [2.45, 2.75) is 12.5 Å². The van der Waals surface area contributed by atoms with Gasteiger partial charge in [0.15, 0.2) is 11.5 Å². The molecule has 1 aromatic carbocycles. The van der Waals surface area contributed by atoms with E-state index in [0.29, 0.717) is 30.3 Å². The van der Waals surface area contributed by atoms with Gasteiger partial charge in [0.2, 0.25) is 0 Å². The summed E-state index contributed by atoms with van der Waals surface area (Å²) in [6, 6.07) is 5.24. The van der Waals surface area contributed by atoms with Crippen LogP contribution in [0.5, 0.6) is 11.5 Å². The van der Waals surface area contributed by atoms with Crippen LogP contribution in [0, 0.1) is 0 Å². The van der Waals surface area contributed by atoms with Gasteiger partial charge in [-0.05, 0) is 17.7 Å². The highest BCUT2D eigenvalue weighted by atomic mass is 16.5. The number of fused-ring (bicyclic) bond motifs is 1. The van der Waals surface area contributed by atoms with Crippen molar-refractivity contribution in [3.8, 4) is 11.5 Å². The molecule has 3 N–H and O–H groups in total. The predicted octanol–water partition coefficient (Wildman–Crippen LogP) is 0.555. The molecular formula is C13H17NO5. The fourth-order valence-electron chi connectivity index (χ4n) is 1.82. The maximum Gasteiger partial charge on any atom is 0.317 e. The number of carboxylic acids is 1. The van der Waals surface area contributed by atoms with Crippen molar-refractivity contribution >= 4 is 5.97 Å². The van der Waals surface area contributed by atoms with Gasteiger partial charge in [-0.3, -0.25) is 4.79 Å². The van der Waals surface area contributed by atoms with Gasteiger partial charge in [-0.2, -0.15) is 0 Å². The lowest BCUT2D eigenvalue weighted by Gasteiger charge is -2.14. The molecule has 0 bridgehead atoms. The Kier molecular flexibility index (Phi) is 4.59. The lowest BCUT2D eigenvalue weighted by Crippen LogP contribution is -2.27. The SMILES string of the molecule is O=C(O)CNCC(O)c1ccc2c(c1)OCCCO2. The zero-order valence-corrected chi connectivity index (χ0v) is 10.5. The Morgan fingerprint density at radius 3 is 2.79 bits per heavy atom. The summed E-state index contributed by atoms with van der Waals surface area (Å²) in [5.74, 6) is 0.338. The molecule has 1 aromatic rings. The van der Waals surface area contributed by atoms with Crippen LogP contribution >= 0.6 is 0 Å². The van der Waals surface area contributed by atoms with Crippen LogP contribution in [-0.2, 0) is 4.79 Å². The molecular weight excluding hydrogens is 250 g/mol. The standard InChI is InChI=1S/C13H17NO5/c15-10(7-14-8-13(16)17)9-2-3-11-12(6-9)19-5-1-4-18-11/h2-3,6,10,14-15H,1,4-5,7-8H2,(H,16,17). The largest absolute Gasteiger partial charge is 0.490 e. The molecule has 0 aromatic heterocycles. The summed E-state index contributed by atoms with van der Waals surface area (Å²) in [5, 5.41) is 21.1. The lowest BCUT2D eigenvalue weighted by atomic mass is 10.1. The van der Waals surface area contributed by atoms with E-state index in [0.717, 1.165) is 6.42 Å². The normalized spacial score (nSPS) is 15.6. The van der Waals surface area contributed by atoms with Gasteiger partial charge in [-0.25, -0.2) is 0 Å². The number of ether oxygens (including phenoxy) is 2. The molecule has 1 unspecified atom stereocenters. The molecule has 19 heavy (non-hydrogen) atoms. The Labute approximate surface area is 111 Å². The summed E-state index contributed by atoms with van der Waals surface area (Å²) in [6.45, 7) is 1.20. The maximum atomic E-state index is 10.4. The van der Waals surface area contributed by atoms with Crippen LogP contribution in [-0.4, -0.2) is 42.5 Å². The van der Waals surface area contributed by atoms with Gasteiger partial charge in [0.25, 0.3) is 0 Å². The van der Waals surface area contributed by atoms with Gasteiger partial charge in [-0.1, -0.05) is 6.07 Å². The van der Waals surface area contributed by atoms with E-state index in [1.807, 2.05) is 0 Å². The second-order valence-corrected chi connectivity index (χ2v) is 4.30. The van der Waals surface area contributed by atoms with E-state index < -0.39 is 12.1 Å². The van der Waals surface area contributed by atoms with Crippen LogP contribution in [0.4, 0.5) is 0 Å². The van der Waals surface area contributed by atoms with Crippen molar-refractivity contribution in [1.29, 1.82) is 0 Å². The minimum Gasteiger partial charge on any atom is -0.490 e. The van der Waals surface area contributed by atoms with E-state index >= 15 is 0 Å². The van der Waals surface area contributed by atoms with Gasteiger partial charge in [-0.15, -0.1) is 0 Å². The number of rotatable bonds is 5. The van der Waals surface area contributed by atoms with E-state index in [9.17, 15) is 9.90 Å². The quantitative estimate of drug-likeness (QED) is 0.722. The lowest BCUT2D eigenvalue weighted by molar-refractivity contribution is -0.136. The molecule has 0 aliphatic carbocycles. The molecule has 0 saturated carbocycles.